The van der Waals surface area contributed by atoms with Crippen LogP contribution >= 0.6 is 0 Å². The summed E-state index contributed by atoms with van der Waals surface area (Å²) in [5, 5.41) is 12.2. The highest BCUT2D eigenvalue weighted by Crippen LogP contribution is 2.26. The van der Waals surface area contributed by atoms with Crippen molar-refractivity contribution in [3.05, 3.63) is 59.7 Å². The van der Waals surface area contributed by atoms with Crippen molar-refractivity contribution in [2.24, 2.45) is 5.92 Å². The summed E-state index contributed by atoms with van der Waals surface area (Å²) in [6.45, 7) is 2.84. The van der Waals surface area contributed by atoms with Gasteiger partial charge in [0.15, 0.2) is 0 Å². The van der Waals surface area contributed by atoms with Gasteiger partial charge >= 0.3 is 0 Å². The van der Waals surface area contributed by atoms with Gasteiger partial charge in [-0.05, 0) is 36.8 Å². The van der Waals surface area contributed by atoms with Gasteiger partial charge in [-0.1, -0.05) is 29.8 Å². The zero-order valence-electron chi connectivity index (χ0n) is 13.5. The van der Waals surface area contributed by atoms with Crippen LogP contribution in [0, 0.1) is 12.8 Å². The molecule has 1 heterocycles. The number of nitrogens with zero attached hydrogens (tertiary/aromatic N) is 1. The third-order valence-corrected chi connectivity index (χ3v) is 4.24. The molecule has 0 radical (unpaired) electrons. The van der Waals surface area contributed by atoms with Crippen molar-refractivity contribution in [3.63, 3.8) is 0 Å². The van der Waals surface area contributed by atoms with Gasteiger partial charge < -0.3 is 15.3 Å². The van der Waals surface area contributed by atoms with E-state index in [0.29, 0.717) is 18.8 Å². The highest BCUT2D eigenvalue weighted by atomic mass is 16.3. The number of anilines is 1. The molecule has 2 amide bonds. The molecule has 0 aliphatic carbocycles. The lowest BCUT2D eigenvalue weighted by molar-refractivity contribution is -0.126. The van der Waals surface area contributed by atoms with E-state index in [-0.39, 0.29) is 29.9 Å². The SMILES string of the molecule is Cc1ccc(CNC(=O)[C@H]2CC(=O)N(c3ccc(O)cc3)C2)cc1. The Kier molecular flexibility index (Phi) is 4.51. The highest BCUT2D eigenvalue weighted by Gasteiger charge is 2.34. The van der Waals surface area contributed by atoms with Crippen LogP contribution in [0.1, 0.15) is 17.5 Å². The van der Waals surface area contributed by atoms with Gasteiger partial charge in [-0.15, -0.1) is 0 Å². The molecule has 5 nitrogen and oxygen atoms in total. The van der Waals surface area contributed by atoms with Crippen molar-refractivity contribution >= 4 is 17.5 Å². The number of phenolic OH excluding ortho intramolecular Hbond substituents is 1. The van der Waals surface area contributed by atoms with E-state index in [1.807, 2.05) is 31.2 Å². The number of hydrogen-bond acceptors (Lipinski definition) is 3. The lowest BCUT2D eigenvalue weighted by atomic mass is 10.1. The molecule has 2 N–H and O–H groups in total. The van der Waals surface area contributed by atoms with Crippen LogP contribution in [0.3, 0.4) is 0 Å². The summed E-state index contributed by atoms with van der Waals surface area (Å²) in [6.07, 6.45) is 0.209. The molecule has 0 unspecified atom stereocenters. The second kappa shape index (κ2) is 6.74. The standard InChI is InChI=1S/C19H20N2O3/c1-13-2-4-14(5-3-13)11-20-19(24)15-10-18(23)21(12-15)16-6-8-17(22)9-7-16/h2-9,15,22H,10-12H2,1H3,(H,20,24)/t15-/m0/s1. The minimum atomic E-state index is -0.350. The van der Waals surface area contributed by atoms with Crippen molar-refractivity contribution < 1.29 is 14.7 Å². The van der Waals surface area contributed by atoms with Crippen LogP contribution in [-0.4, -0.2) is 23.5 Å². The average molecular weight is 324 g/mol. The Labute approximate surface area is 140 Å². The Morgan fingerprint density at radius 3 is 2.50 bits per heavy atom. The maximum absolute atomic E-state index is 12.3. The molecular weight excluding hydrogens is 304 g/mol. The molecule has 124 valence electrons. The summed E-state index contributed by atoms with van der Waals surface area (Å²) in [6, 6.07) is 14.4. The molecule has 0 saturated carbocycles. The highest BCUT2D eigenvalue weighted by molar-refractivity contribution is 6.00. The van der Waals surface area contributed by atoms with Crippen LogP contribution in [-0.2, 0) is 16.1 Å². The summed E-state index contributed by atoms with van der Waals surface area (Å²) in [4.78, 5) is 26.1. The predicted octanol–water partition coefficient (Wildman–Crippen LogP) is 2.37. The molecule has 0 aromatic heterocycles. The molecule has 1 atom stereocenters. The number of carbonyl (C=O) groups is 2. The minimum absolute atomic E-state index is 0.0730. The molecule has 1 aliphatic heterocycles. The van der Waals surface area contributed by atoms with E-state index in [9.17, 15) is 14.7 Å². The van der Waals surface area contributed by atoms with Crippen LogP contribution < -0.4 is 10.2 Å². The van der Waals surface area contributed by atoms with Crippen molar-refractivity contribution in [2.45, 2.75) is 19.9 Å². The smallest absolute Gasteiger partial charge is 0.227 e. The fourth-order valence-electron chi connectivity index (χ4n) is 2.80. The second-order valence-corrected chi connectivity index (χ2v) is 6.13. The number of aryl methyl sites for hydroxylation is 1. The molecule has 0 spiro atoms. The maximum Gasteiger partial charge on any atom is 0.227 e. The molecule has 1 saturated heterocycles. The van der Waals surface area contributed by atoms with Crippen LogP contribution in [0.4, 0.5) is 5.69 Å². The van der Waals surface area contributed by atoms with Gasteiger partial charge in [-0.2, -0.15) is 0 Å². The van der Waals surface area contributed by atoms with E-state index in [2.05, 4.69) is 5.32 Å². The summed E-state index contributed by atoms with van der Waals surface area (Å²) in [5.41, 5.74) is 2.91. The van der Waals surface area contributed by atoms with Crippen molar-refractivity contribution in [1.29, 1.82) is 0 Å². The number of carbonyl (C=O) groups excluding carboxylic acids is 2. The zero-order valence-corrected chi connectivity index (χ0v) is 13.5. The molecule has 24 heavy (non-hydrogen) atoms. The number of nitrogens with one attached hydrogen (secondary N) is 1. The van der Waals surface area contributed by atoms with Crippen molar-refractivity contribution in [3.8, 4) is 5.75 Å². The topological polar surface area (TPSA) is 69.6 Å². The van der Waals surface area contributed by atoms with Crippen LogP contribution in [0.25, 0.3) is 0 Å². The first-order chi connectivity index (χ1) is 11.5. The second-order valence-electron chi connectivity index (χ2n) is 6.13. The first-order valence-electron chi connectivity index (χ1n) is 7.95. The summed E-state index contributed by atoms with van der Waals surface area (Å²) < 4.78 is 0. The number of aromatic hydroxyl groups is 1. The predicted molar refractivity (Wildman–Crippen MR) is 91.6 cm³/mol. The maximum atomic E-state index is 12.3. The number of benzene rings is 2. The fourth-order valence-corrected chi connectivity index (χ4v) is 2.80. The van der Waals surface area contributed by atoms with Gasteiger partial charge in [0, 0.05) is 25.2 Å². The number of hydrogen-bond donors (Lipinski definition) is 2. The number of phenols is 1. The monoisotopic (exact) mass is 324 g/mol. The third kappa shape index (κ3) is 3.56. The molecule has 2 aromatic rings. The van der Waals surface area contributed by atoms with Crippen molar-refractivity contribution in [1.82, 2.24) is 5.32 Å². The van der Waals surface area contributed by atoms with E-state index in [0.717, 1.165) is 5.56 Å². The Bertz CT molecular complexity index is 738. The molecule has 1 fully saturated rings. The Balaban J connectivity index is 1.59. The Morgan fingerprint density at radius 2 is 1.83 bits per heavy atom. The summed E-state index contributed by atoms with van der Waals surface area (Å²) in [7, 11) is 0. The third-order valence-electron chi connectivity index (χ3n) is 4.24. The number of amides is 2. The van der Waals surface area contributed by atoms with E-state index < -0.39 is 0 Å². The number of rotatable bonds is 4. The van der Waals surface area contributed by atoms with Gasteiger partial charge in [-0.25, -0.2) is 0 Å². The van der Waals surface area contributed by atoms with Gasteiger partial charge in [-0.3, -0.25) is 9.59 Å². The van der Waals surface area contributed by atoms with E-state index in [4.69, 9.17) is 0 Å². The Morgan fingerprint density at radius 1 is 1.17 bits per heavy atom. The molecule has 5 heteroatoms. The van der Waals surface area contributed by atoms with Gasteiger partial charge in [0.05, 0.1) is 5.92 Å². The molecule has 0 bridgehead atoms. The van der Waals surface area contributed by atoms with E-state index in [1.54, 1.807) is 17.0 Å². The lowest BCUT2D eigenvalue weighted by Crippen LogP contribution is -2.32. The first-order valence-corrected chi connectivity index (χ1v) is 7.95. The fraction of sp³-hybridized carbons (Fsp3) is 0.263. The largest absolute Gasteiger partial charge is 0.508 e. The van der Waals surface area contributed by atoms with Gasteiger partial charge in [0.25, 0.3) is 0 Å². The molecule has 1 aliphatic rings. The summed E-state index contributed by atoms with van der Waals surface area (Å²) in [5.74, 6) is -0.379. The average Bonchev–Trinajstić information content (AvgIpc) is 2.97. The lowest BCUT2D eigenvalue weighted by Gasteiger charge is -2.16. The van der Waals surface area contributed by atoms with Gasteiger partial charge in [0.1, 0.15) is 5.75 Å². The zero-order chi connectivity index (χ0) is 17.1. The van der Waals surface area contributed by atoms with Crippen LogP contribution in [0.2, 0.25) is 0 Å². The minimum Gasteiger partial charge on any atom is -0.508 e. The first kappa shape index (κ1) is 16.1. The Hall–Kier alpha value is -2.82. The quantitative estimate of drug-likeness (QED) is 0.907. The molecule has 3 rings (SSSR count). The van der Waals surface area contributed by atoms with E-state index in [1.165, 1.54) is 17.7 Å². The van der Waals surface area contributed by atoms with E-state index >= 15 is 0 Å². The normalized spacial score (nSPS) is 17.1. The molecular formula is C19H20N2O3. The van der Waals surface area contributed by atoms with Gasteiger partial charge in [0.2, 0.25) is 11.8 Å². The van der Waals surface area contributed by atoms with Crippen molar-refractivity contribution in [2.75, 3.05) is 11.4 Å². The van der Waals surface area contributed by atoms with Crippen LogP contribution in [0.5, 0.6) is 5.75 Å². The van der Waals surface area contributed by atoms with Crippen LogP contribution in [0.15, 0.2) is 48.5 Å². The molecule has 2 aromatic carbocycles. The summed E-state index contributed by atoms with van der Waals surface area (Å²) >= 11 is 0.